The molecule has 1 aromatic carbocycles. The first-order valence-electron chi connectivity index (χ1n) is 12.2. The molecule has 0 saturated carbocycles. The summed E-state index contributed by atoms with van der Waals surface area (Å²) < 4.78 is 13.0. The van der Waals surface area contributed by atoms with Crippen LogP contribution in [0.25, 0.3) is 0 Å². The van der Waals surface area contributed by atoms with Gasteiger partial charge in [-0.3, -0.25) is 0 Å². The second kappa shape index (κ2) is 12.0. The first-order chi connectivity index (χ1) is 17.8. The zero-order chi connectivity index (χ0) is 26.3. The molecule has 3 fully saturated rings. The van der Waals surface area contributed by atoms with Crippen LogP contribution < -0.4 is 4.74 Å². The van der Waals surface area contributed by atoms with E-state index in [-0.39, 0.29) is 6.10 Å². The number of carbonyl (C=O) groups is 1. The van der Waals surface area contributed by atoms with Crippen LogP contribution in [0.1, 0.15) is 29.0 Å². The van der Waals surface area contributed by atoms with Crippen LogP contribution in [0.2, 0.25) is 0 Å². The molecule has 11 heteroatoms. The summed E-state index contributed by atoms with van der Waals surface area (Å²) in [7, 11) is 0. The van der Waals surface area contributed by atoms with Crippen molar-refractivity contribution in [1.29, 1.82) is 0 Å². The van der Waals surface area contributed by atoms with Crippen molar-refractivity contribution in [2.45, 2.75) is 31.0 Å². The van der Waals surface area contributed by atoms with Crippen LogP contribution in [0.3, 0.4) is 0 Å². The lowest BCUT2D eigenvalue weighted by molar-refractivity contribution is -0.946. The molecule has 3 aromatic rings. The smallest absolute Gasteiger partial charge is 0.349 e. The Balaban J connectivity index is 0.000000747. The molecule has 1 unspecified atom stereocenters. The summed E-state index contributed by atoms with van der Waals surface area (Å²) >= 11 is 2.77. The topological polar surface area (TPSA) is 122 Å². The van der Waals surface area contributed by atoms with Gasteiger partial charge in [0.25, 0.3) is 0 Å². The van der Waals surface area contributed by atoms with E-state index < -0.39 is 16.7 Å². The third kappa shape index (κ3) is 6.48. The Labute approximate surface area is 223 Å². The second-order valence-corrected chi connectivity index (χ2v) is 11.3. The zero-order valence-corrected chi connectivity index (χ0v) is 21.9. The zero-order valence-electron chi connectivity index (χ0n) is 20.3. The minimum atomic E-state index is -1.75. The molecule has 3 aliphatic heterocycles. The van der Waals surface area contributed by atoms with Gasteiger partial charge in [-0.25, -0.2) is 4.79 Å². The number of ether oxygens (including phenoxy) is 2. The van der Waals surface area contributed by atoms with Gasteiger partial charge in [-0.1, -0.05) is 30.3 Å². The molecule has 3 saturated heterocycles. The van der Waals surface area contributed by atoms with Crippen LogP contribution in [0.5, 0.6) is 5.75 Å². The third-order valence-electron chi connectivity index (χ3n) is 7.14. The van der Waals surface area contributed by atoms with Crippen LogP contribution in [0.4, 0.5) is 0 Å². The first kappa shape index (κ1) is 27.1. The summed E-state index contributed by atoms with van der Waals surface area (Å²) in [6, 6.07) is 17.3. The molecule has 0 aliphatic carbocycles. The molecule has 3 aliphatic rings. The van der Waals surface area contributed by atoms with Crippen molar-refractivity contribution >= 4 is 28.6 Å². The lowest BCUT2D eigenvalue weighted by atomic mass is 9.83. The van der Waals surface area contributed by atoms with Crippen molar-refractivity contribution in [1.82, 2.24) is 0 Å². The van der Waals surface area contributed by atoms with Crippen molar-refractivity contribution in [3.63, 3.8) is 0 Å². The molecule has 5 heterocycles. The summed E-state index contributed by atoms with van der Waals surface area (Å²) in [5.41, 5.74) is -1.73. The van der Waals surface area contributed by atoms with E-state index in [2.05, 4.69) is 0 Å². The number of fused-ring (bicyclic) bond motifs is 3. The fourth-order valence-electron chi connectivity index (χ4n) is 5.29. The summed E-state index contributed by atoms with van der Waals surface area (Å²) in [6.07, 6.45) is 2.94. The van der Waals surface area contributed by atoms with E-state index in [0.29, 0.717) is 22.3 Å². The Bertz CT molecular complexity index is 1090. The van der Waals surface area contributed by atoms with Crippen LogP contribution in [-0.2, 0) is 15.1 Å². The van der Waals surface area contributed by atoms with Crippen molar-refractivity contribution in [2.75, 3.05) is 32.8 Å². The maximum Gasteiger partial charge on any atom is 0.349 e. The molecule has 0 radical (unpaired) electrons. The standard InChI is InChI=1S/C26H30NO4S2.NO3/c28-25(26(29,23-9-4-17-32-23)24-10-5-18-33-24)31-22-19-27(14-11-20(22)12-15-27)13-6-16-30-21-7-2-1-3-8-21;2-1(3)4/h1-5,7-10,17-18,20,22,29H,6,11-16,19H2;/q+1;-1. The SMILES string of the molecule is O=C(OC1C[N+]2(CCCOc3ccccc3)CCC1CC2)C(O)(c1cccs1)c1cccs1.O=[N+]([O-])[O-]. The molecule has 6 rings (SSSR count). The lowest BCUT2D eigenvalue weighted by Gasteiger charge is -2.52. The van der Waals surface area contributed by atoms with E-state index in [0.717, 1.165) is 55.7 Å². The van der Waals surface area contributed by atoms with Gasteiger partial charge in [0.2, 0.25) is 5.60 Å². The molecule has 1 N–H and O–H groups in total. The number of rotatable bonds is 9. The van der Waals surface area contributed by atoms with Crippen LogP contribution >= 0.6 is 22.7 Å². The lowest BCUT2D eigenvalue weighted by Crippen LogP contribution is -2.65. The highest BCUT2D eigenvalue weighted by molar-refractivity contribution is 7.12. The number of para-hydroxylation sites is 1. The molecule has 37 heavy (non-hydrogen) atoms. The molecule has 1 atom stereocenters. The molecule has 2 bridgehead atoms. The summed E-state index contributed by atoms with van der Waals surface area (Å²) in [6.45, 7) is 4.79. The highest BCUT2D eigenvalue weighted by Crippen LogP contribution is 2.40. The average molecular weight is 547 g/mol. The van der Waals surface area contributed by atoms with E-state index in [9.17, 15) is 9.90 Å². The number of hydrogen-bond donors (Lipinski definition) is 1. The monoisotopic (exact) mass is 546 g/mol. The van der Waals surface area contributed by atoms with E-state index >= 15 is 0 Å². The van der Waals surface area contributed by atoms with E-state index in [1.54, 1.807) is 0 Å². The Morgan fingerprint density at radius 3 is 2.16 bits per heavy atom. The minimum Gasteiger partial charge on any atom is -0.493 e. The summed E-state index contributed by atoms with van der Waals surface area (Å²) in [5.74, 6) is 0.741. The summed E-state index contributed by atoms with van der Waals surface area (Å²) in [5, 5.41) is 30.1. The minimum absolute atomic E-state index is 0.151. The van der Waals surface area contributed by atoms with Gasteiger partial charge in [-0.2, -0.15) is 0 Å². The Morgan fingerprint density at radius 2 is 1.62 bits per heavy atom. The Morgan fingerprint density at radius 1 is 1.03 bits per heavy atom. The Kier molecular flexibility index (Phi) is 8.80. The van der Waals surface area contributed by atoms with Crippen molar-refractivity contribution < 1.29 is 28.9 Å². The van der Waals surface area contributed by atoms with Crippen LogP contribution in [0.15, 0.2) is 65.4 Å². The largest absolute Gasteiger partial charge is 0.493 e. The highest BCUT2D eigenvalue weighted by atomic mass is 32.1. The first-order valence-corrected chi connectivity index (χ1v) is 13.9. The van der Waals surface area contributed by atoms with Crippen molar-refractivity contribution in [2.24, 2.45) is 5.92 Å². The predicted molar refractivity (Wildman–Crippen MR) is 141 cm³/mol. The van der Waals surface area contributed by atoms with Crippen LogP contribution in [-0.4, -0.2) is 59.5 Å². The number of aliphatic hydroxyl groups is 1. The van der Waals surface area contributed by atoms with Crippen molar-refractivity contribution in [3.8, 4) is 5.75 Å². The number of hydrogen-bond acceptors (Lipinski definition) is 9. The van der Waals surface area contributed by atoms with Gasteiger partial charge >= 0.3 is 5.97 Å². The van der Waals surface area contributed by atoms with Gasteiger partial charge in [0.15, 0.2) is 6.10 Å². The van der Waals surface area contributed by atoms with Gasteiger partial charge in [0.05, 0.1) is 41.1 Å². The molecule has 2 aromatic heterocycles. The molecule has 0 amide bonds. The number of thiophene rings is 2. The Hall–Kier alpha value is -2.99. The van der Waals surface area contributed by atoms with E-state index in [1.165, 1.54) is 22.7 Å². The average Bonchev–Trinajstić information content (AvgIpc) is 3.63. The molecule has 9 nitrogen and oxygen atoms in total. The normalized spacial score (nSPS) is 22.5. The molecular weight excluding hydrogens is 516 g/mol. The predicted octanol–water partition coefficient (Wildman–Crippen LogP) is 4.43. The van der Waals surface area contributed by atoms with Gasteiger partial charge in [-0.05, 0) is 35.0 Å². The summed E-state index contributed by atoms with van der Waals surface area (Å²) in [4.78, 5) is 22.9. The van der Waals surface area contributed by atoms with Gasteiger partial charge in [0.1, 0.15) is 12.3 Å². The maximum absolute atomic E-state index is 13.4. The second-order valence-electron chi connectivity index (χ2n) is 9.38. The number of benzene rings is 1. The van der Waals surface area contributed by atoms with E-state index in [1.807, 2.05) is 65.4 Å². The number of esters is 1. The maximum atomic E-state index is 13.4. The van der Waals surface area contributed by atoms with Gasteiger partial charge in [0, 0.05) is 25.2 Å². The number of quaternary nitrogens is 1. The highest BCUT2D eigenvalue weighted by Gasteiger charge is 2.51. The van der Waals surface area contributed by atoms with Gasteiger partial charge in [-0.15, -0.1) is 22.7 Å². The fourth-order valence-corrected chi connectivity index (χ4v) is 7.00. The molecular formula is C26H30N2O7S2. The molecule has 198 valence electrons. The number of nitrogens with zero attached hydrogens (tertiary/aromatic N) is 2. The number of carbonyl (C=O) groups excluding carboxylic acids is 1. The van der Waals surface area contributed by atoms with Gasteiger partial charge < -0.3 is 34.4 Å². The third-order valence-corrected chi connectivity index (χ3v) is 9.10. The van der Waals surface area contributed by atoms with E-state index in [4.69, 9.17) is 24.8 Å². The fraction of sp³-hybridized carbons (Fsp3) is 0.423. The quantitative estimate of drug-likeness (QED) is 0.139. The molecule has 0 spiro atoms. The van der Waals surface area contributed by atoms with Crippen LogP contribution in [0, 0.1) is 21.2 Å². The van der Waals surface area contributed by atoms with Crippen molar-refractivity contribution in [3.05, 3.63) is 90.4 Å². The number of piperidine rings is 3.